The standard InChI is InChI=1S/C18H18N2O2/c21-12-13-5-7-16(11-13)20-18(22)10-9-15-8-6-14-3-1-2-4-17(14)19-15/h1-10,13,16,21H,11-12H2,(H,20,22)/b10-9+/t13-,16+/m0/s1. The van der Waals surface area contributed by atoms with Crippen LogP contribution in [0.5, 0.6) is 0 Å². The minimum absolute atomic E-state index is 0.00105. The Balaban J connectivity index is 1.62. The number of aromatic nitrogens is 1. The highest BCUT2D eigenvalue weighted by atomic mass is 16.3. The SMILES string of the molecule is O=C(/C=C/c1ccc2ccccc2n1)N[C@@H]1C=C[C@H](CO)C1. The first-order valence-corrected chi connectivity index (χ1v) is 7.38. The smallest absolute Gasteiger partial charge is 0.244 e. The second-order valence-electron chi connectivity index (χ2n) is 5.44. The number of hydrogen-bond donors (Lipinski definition) is 2. The maximum atomic E-state index is 11.9. The summed E-state index contributed by atoms with van der Waals surface area (Å²) in [5.74, 6) is -0.000340. The molecule has 0 radical (unpaired) electrons. The summed E-state index contributed by atoms with van der Waals surface area (Å²) in [6.07, 6.45) is 7.84. The van der Waals surface area contributed by atoms with Gasteiger partial charge in [0.2, 0.25) is 5.91 Å². The largest absolute Gasteiger partial charge is 0.396 e. The van der Waals surface area contributed by atoms with Crippen molar-refractivity contribution in [2.75, 3.05) is 6.61 Å². The van der Waals surface area contributed by atoms with Gasteiger partial charge in [-0.1, -0.05) is 36.4 Å². The Labute approximate surface area is 129 Å². The van der Waals surface area contributed by atoms with Crippen molar-refractivity contribution < 1.29 is 9.90 Å². The predicted molar refractivity (Wildman–Crippen MR) is 87.0 cm³/mol. The predicted octanol–water partition coefficient (Wildman–Crippen LogP) is 2.30. The van der Waals surface area contributed by atoms with E-state index in [1.54, 1.807) is 6.08 Å². The summed E-state index contributed by atoms with van der Waals surface area (Å²) in [7, 11) is 0. The minimum atomic E-state index is -0.150. The van der Waals surface area contributed by atoms with E-state index in [2.05, 4.69) is 10.3 Å². The van der Waals surface area contributed by atoms with E-state index in [0.29, 0.717) is 0 Å². The monoisotopic (exact) mass is 294 g/mol. The van der Waals surface area contributed by atoms with Gasteiger partial charge in [-0.3, -0.25) is 4.79 Å². The number of aliphatic hydroxyl groups is 1. The Hall–Kier alpha value is -2.46. The zero-order chi connectivity index (χ0) is 15.4. The zero-order valence-corrected chi connectivity index (χ0v) is 12.1. The molecule has 1 aromatic carbocycles. The number of pyridine rings is 1. The normalized spacial score (nSPS) is 20.8. The van der Waals surface area contributed by atoms with Gasteiger partial charge in [0, 0.05) is 30.0 Å². The number of para-hydroxylation sites is 1. The van der Waals surface area contributed by atoms with Crippen LogP contribution in [0.1, 0.15) is 12.1 Å². The Kier molecular flexibility index (Phi) is 4.30. The average molecular weight is 294 g/mol. The van der Waals surface area contributed by atoms with Crippen LogP contribution in [0.2, 0.25) is 0 Å². The first-order chi connectivity index (χ1) is 10.7. The van der Waals surface area contributed by atoms with Crippen molar-refractivity contribution in [1.82, 2.24) is 10.3 Å². The summed E-state index contributed by atoms with van der Waals surface area (Å²) >= 11 is 0. The quantitative estimate of drug-likeness (QED) is 0.672. The summed E-state index contributed by atoms with van der Waals surface area (Å²) in [5, 5.41) is 13.0. The molecule has 2 aromatic rings. The van der Waals surface area contributed by atoms with E-state index >= 15 is 0 Å². The maximum Gasteiger partial charge on any atom is 0.244 e. The van der Waals surface area contributed by atoms with Crippen LogP contribution in [0, 0.1) is 5.92 Å². The van der Waals surface area contributed by atoms with Gasteiger partial charge >= 0.3 is 0 Å². The zero-order valence-electron chi connectivity index (χ0n) is 12.1. The molecule has 3 rings (SSSR count). The van der Waals surface area contributed by atoms with Crippen LogP contribution < -0.4 is 5.32 Å². The van der Waals surface area contributed by atoms with Gasteiger partial charge in [0.15, 0.2) is 0 Å². The molecule has 1 aliphatic rings. The summed E-state index contributed by atoms with van der Waals surface area (Å²) in [6.45, 7) is 0.125. The van der Waals surface area contributed by atoms with Gasteiger partial charge in [-0.05, 0) is 24.6 Å². The third-order valence-corrected chi connectivity index (χ3v) is 3.76. The van der Waals surface area contributed by atoms with Gasteiger partial charge in [-0.15, -0.1) is 0 Å². The highest BCUT2D eigenvalue weighted by Crippen LogP contribution is 2.17. The van der Waals surface area contributed by atoms with Crippen molar-refractivity contribution in [2.45, 2.75) is 12.5 Å². The number of aliphatic hydroxyl groups excluding tert-OH is 1. The molecule has 1 amide bonds. The van der Waals surface area contributed by atoms with Crippen LogP contribution >= 0.6 is 0 Å². The molecule has 4 heteroatoms. The molecular weight excluding hydrogens is 276 g/mol. The molecule has 0 saturated heterocycles. The number of carbonyl (C=O) groups is 1. The van der Waals surface area contributed by atoms with E-state index in [9.17, 15) is 4.79 Å². The van der Waals surface area contributed by atoms with E-state index in [1.807, 2.05) is 48.6 Å². The molecule has 4 nitrogen and oxygen atoms in total. The van der Waals surface area contributed by atoms with Gasteiger partial charge in [0.25, 0.3) is 0 Å². The highest BCUT2D eigenvalue weighted by molar-refractivity contribution is 5.92. The van der Waals surface area contributed by atoms with Crippen molar-refractivity contribution in [2.24, 2.45) is 5.92 Å². The number of carbonyl (C=O) groups excluding carboxylic acids is 1. The molecule has 2 atom stereocenters. The topological polar surface area (TPSA) is 62.2 Å². The first kappa shape index (κ1) is 14.5. The molecule has 2 N–H and O–H groups in total. The lowest BCUT2D eigenvalue weighted by atomic mass is 10.1. The lowest BCUT2D eigenvalue weighted by Gasteiger charge is -2.10. The molecule has 0 unspecified atom stereocenters. The van der Waals surface area contributed by atoms with Gasteiger partial charge in [-0.25, -0.2) is 4.98 Å². The number of fused-ring (bicyclic) bond motifs is 1. The highest BCUT2D eigenvalue weighted by Gasteiger charge is 2.18. The van der Waals surface area contributed by atoms with Gasteiger partial charge < -0.3 is 10.4 Å². The number of hydrogen-bond acceptors (Lipinski definition) is 3. The van der Waals surface area contributed by atoms with Crippen molar-refractivity contribution in [3.63, 3.8) is 0 Å². The maximum absolute atomic E-state index is 11.9. The third kappa shape index (κ3) is 3.40. The number of benzene rings is 1. The molecule has 1 heterocycles. The van der Waals surface area contributed by atoms with Crippen LogP contribution in [-0.4, -0.2) is 28.6 Å². The van der Waals surface area contributed by atoms with E-state index in [4.69, 9.17) is 5.11 Å². The van der Waals surface area contributed by atoms with E-state index < -0.39 is 0 Å². The van der Waals surface area contributed by atoms with E-state index in [-0.39, 0.29) is 24.5 Å². The molecule has 112 valence electrons. The van der Waals surface area contributed by atoms with Crippen LogP contribution in [0.4, 0.5) is 0 Å². The Bertz CT molecular complexity index is 737. The fourth-order valence-electron chi connectivity index (χ4n) is 2.58. The molecular formula is C18H18N2O2. The third-order valence-electron chi connectivity index (χ3n) is 3.76. The average Bonchev–Trinajstić information content (AvgIpc) is 3.00. The summed E-state index contributed by atoms with van der Waals surface area (Å²) < 4.78 is 0. The molecule has 0 saturated carbocycles. The lowest BCUT2D eigenvalue weighted by molar-refractivity contribution is -0.116. The molecule has 0 bridgehead atoms. The van der Waals surface area contributed by atoms with Crippen LogP contribution in [0.15, 0.2) is 54.6 Å². The number of nitrogens with zero attached hydrogens (tertiary/aromatic N) is 1. The molecule has 1 aliphatic carbocycles. The van der Waals surface area contributed by atoms with Crippen molar-refractivity contribution in [1.29, 1.82) is 0 Å². The van der Waals surface area contributed by atoms with E-state index in [0.717, 1.165) is 23.0 Å². The van der Waals surface area contributed by atoms with Crippen molar-refractivity contribution >= 4 is 22.9 Å². The van der Waals surface area contributed by atoms with Gasteiger partial charge in [-0.2, -0.15) is 0 Å². The van der Waals surface area contributed by atoms with Crippen molar-refractivity contribution in [3.05, 3.63) is 60.3 Å². The van der Waals surface area contributed by atoms with Crippen LogP contribution in [0.3, 0.4) is 0 Å². The minimum Gasteiger partial charge on any atom is -0.396 e. The first-order valence-electron chi connectivity index (χ1n) is 7.38. The number of amides is 1. The molecule has 0 spiro atoms. The Morgan fingerprint density at radius 3 is 2.95 bits per heavy atom. The summed E-state index contributed by atoms with van der Waals surface area (Å²) in [5.41, 5.74) is 1.67. The fraction of sp³-hybridized carbons (Fsp3) is 0.222. The fourth-order valence-corrected chi connectivity index (χ4v) is 2.58. The molecule has 0 fully saturated rings. The molecule has 1 aromatic heterocycles. The second-order valence-corrected chi connectivity index (χ2v) is 5.44. The summed E-state index contributed by atoms with van der Waals surface area (Å²) in [6, 6.07) is 11.8. The molecule has 22 heavy (non-hydrogen) atoms. The molecule has 0 aliphatic heterocycles. The van der Waals surface area contributed by atoms with E-state index in [1.165, 1.54) is 6.08 Å². The van der Waals surface area contributed by atoms with Gasteiger partial charge in [0.1, 0.15) is 0 Å². The van der Waals surface area contributed by atoms with Gasteiger partial charge in [0.05, 0.1) is 11.2 Å². The second kappa shape index (κ2) is 6.54. The number of nitrogens with one attached hydrogen (secondary N) is 1. The lowest BCUT2D eigenvalue weighted by Crippen LogP contribution is -2.31. The van der Waals surface area contributed by atoms with Crippen LogP contribution in [0.25, 0.3) is 17.0 Å². The van der Waals surface area contributed by atoms with Crippen LogP contribution in [-0.2, 0) is 4.79 Å². The Morgan fingerprint density at radius 1 is 1.27 bits per heavy atom. The van der Waals surface area contributed by atoms with Crippen molar-refractivity contribution in [3.8, 4) is 0 Å². The number of rotatable bonds is 4. The summed E-state index contributed by atoms with van der Waals surface area (Å²) in [4.78, 5) is 16.4. The Morgan fingerprint density at radius 2 is 2.14 bits per heavy atom.